The first kappa shape index (κ1) is 27.2. The molecule has 4 rings (SSSR count). The zero-order valence-corrected chi connectivity index (χ0v) is 25.1. The highest BCUT2D eigenvalue weighted by molar-refractivity contribution is 6.74. The average molecular weight is 491 g/mol. The van der Waals surface area contributed by atoms with Gasteiger partial charge in [0.25, 0.3) is 0 Å². The Morgan fingerprint density at radius 3 is 2.24 bits per heavy atom. The van der Waals surface area contributed by atoms with Crippen LogP contribution < -0.4 is 0 Å². The van der Waals surface area contributed by atoms with Crippen molar-refractivity contribution in [3.63, 3.8) is 0 Å². The molecule has 0 radical (unpaired) electrons. The van der Waals surface area contributed by atoms with Gasteiger partial charge in [0, 0.05) is 0 Å². The van der Waals surface area contributed by atoms with Gasteiger partial charge in [0.15, 0.2) is 8.32 Å². The van der Waals surface area contributed by atoms with E-state index in [1.165, 1.54) is 70.6 Å². The highest BCUT2D eigenvalue weighted by Crippen LogP contribution is 2.67. The summed E-state index contributed by atoms with van der Waals surface area (Å²) in [6.07, 6.45) is 18.2. The van der Waals surface area contributed by atoms with Crippen molar-refractivity contribution >= 4 is 8.32 Å². The van der Waals surface area contributed by atoms with E-state index in [0.29, 0.717) is 22.0 Å². The quantitative estimate of drug-likeness (QED) is 0.285. The number of unbranched alkanes of at least 4 members (excludes halogenated alkanes) is 3. The summed E-state index contributed by atoms with van der Waals surface area (Å²) in [6, 6.07) is 0. The molecule has 1 N–H and O–H groups in total. The Hall–Kier alpha value is 0.137. The fourth-order valence-corrected chi connectivity index (χ4v) is 10.6. The summed E-state index contributed by atoms with van der Waals surface area (Å²) in [5, 5.41) is 11.8. The van der Waals surface area contributed by atoms with Crippen molar-refractivity contribution in [2.24, 2.45) is 34.5 Å². The van der Waals surface area contributed by atoms with E-state index < -0.39 is 8.32 Å². The fourth-order valence-electron chi connectivity index (χ4n) is 9.11. The molecule has 0 bridgehead atoms. The number of hydrogen-bond acceptors (Lipinski definition) is 2. The molecule has 1 unspecified atom stereocenters. The van der Waals surface area contributed by atoms with Crippen LogP contribution in [-0.2, 0) is 4.43 Å². The second kappa shape index (κ2) is 9.46. The largest absolute Gasteiger partial charge is 0.413 e. The Bertz CT molecular complexity index is 713. The summed E-state index contributed by atoms with van der Waals surface area (Å²) in [5.41, 5.74) is 0.468. The third-order valence-electron chi connectivity index (χ3n) is 12.5. The van der Waals surface area contributed by atoms with Gasteiger partial charge >= 0.3 is 0 Å². The van der Waals surface area contributed by atoms with Crippen LogP contribution >= 0.6 is 0 Å². The van der Waals surface area contributed by atoms with Gasteiger partial charge in [0.2, 0.25) is 0 Å². The molecule has 0 heterocycles. The lowest BCUT2D eigenvalue weighted by Crippen LogP contribution is -2.57. The smallest absolute Gasteiger partial charge is 0.192 e. The first-order valence-electron chi connectivity index (χ1n) is 15.2. The third kappa shape index (κ3) is 4.73. The molecular weight excluding hydrogens is 432 g/mol. The molecule has 0 aromatic heterocycles. The summed E-state index contributed by atoms with van der Waals surface area (Å²) < 4.78 is 7.14. The maximum absolute atomic E-state index is 11.5. The van der Waals surface area contributed by atoms with Crippen molar-refractivity contribution in [2.45, 2.75) is 161 Å². The van der Waals surface area contributed by atoms with Crippen LogP contribution in [0, 0.1) is 34.5 Å². The first-order chi connectivity index (χ1) is 15.8. The van der Waals surface area contributed by atoms with Gasteiger partial charge in [-0.2, -0.15) is 0 Å². The summed E-state index contributed by atoms with van der Waals surface area (Å²) in [5.74, 6) is 3.36. The van der Waals surface area contributed by atoms with Crippen LogP contribution in [0.4, 0.5) is 0 Å². The van der Waals surface area contributed by atoms with Crippen molar-refractivity contribution < 1.29 is 9.53 Å². The minimum absolute atomic E-state index is 0.291. The van der Waals surface area contributed by atoms with E-state index in [-0.39, 0.29) is 5.60 Å². The normalized spacial score (nSPS) is 44.9. The Balaban J connectivity index is 1.44. The molecule has 8 atom stereocenters. The zero-order valence-electron chi connectivity index (χ0n) is 24.1. The fraction of sp³-hybridized carbons (Fsp3) is 1.00. The number of rotatable bonds is 7. The van der Waals surface area contributed by atoms with Crippen LogP contribution in [0.25, 0.3) is 0 Å². The van der Waals surface area contributed by atoms with E-state index in [9.17, 15) is 5.11 Å². The topological polar surface area (TPSA) is 29.5 Å². The molecular formula is C31H58O2Si. The first-order valence-corrected chi connectivity index (χ1v) is 18.1. The minimum atomic E-state index is -1.74. The van der Waals surface area contributed by atoms with Gasteiger partial charge in [-0.05, 0) is 117 Å². The van der Waals surface area contributed by atoms with Gasteiger partial charge in [-0.15, -0.1) is 0 Å². The van der Waals surface area contributed by atoms with E-state index in [1.54, 1.807) is 0 Å². The molecule has 198 valence electrons. The van der Waals surface area contributed by atoms with Gasteiger partial charge in [0.05, 0.1) is 11.7 Å². The van der Waals surface area contributed by atoms with Crippen LogP contribution in [0.2, 0.25) is 18.1 Å². The van der Waals surface area contributed by atoms with Gasteiger partial charge < -0.3 is 9.53 Å². The maximum atomic E-state index is 11.5. The van der Waals surface area contributed by atoms with Crippen LogP contribution in [0.1, 0.15) is 131 Å². The molecule has 34 heavy (non-hydrogen) atoms. The molecule has 0 aromatic carbocycles. The third-order valence-corrected chi connectivity index (χ3v) is 17.0. The van der Waals surface area contributed by atoms with Crippen LogP contribution in [0.15, 0.2) is 0 Å². The van der Waals surface area contributed by atoms with Crippen LogP contribution in [-0.4, -0.2) is 25.1 Å². The standard InChI is InChI=1S/C31H58O2Si/c1-9-10-11-12-18-31(32)21-20-29(5)23(22-31)13-14-24-25-15-16-27(30(25,6)19-17-26(24)29)33-34(7,8)28(2,3)4/h23-27,32H,9-22H2,1-8H3/t23?,24-,25-,26-,27-,29-,30-,31+/m0/s1. The molecule has 0 spiro atoms. The van der Waals surface area contributed by atoms with Gasteiger partial charge in [-0.25, -0.2) is 0 Å². The van der Waals surface area contributed by atoms with Gasteiger partial charge in [-0.3, -0.25) is 0 Å². The maximum Gasteiger partial charge on any atom is 0.192 e. The van der Waals surface area contributed by atoms with Crippen molar-refractivity contribution in [3.05, 3.63) is 0 Å². The van der Waals surface area contributed by atoms with E-state index >= 15 is 0 Å². The number of aliphatic hydroxyl groups is 1. The second-order valence-electron chi connectivity index (χ2n) is 15.4. The lowest BCUT2D eigenvalue weighted by Gasteiger charge is -2.62. The Kier molecular flexibility index (Phi) is 7.56. The van der Waals surface area contributed by atoms with Crippen LogP contribution in [0.5, 0.6) is 0 Å². The zero-order chi connectivity index (χ0) is 25.0. The summed E-state index contributed by atoms with van der Waals surface area (Å²) >= 11 is 0. The predicted octanol–water partition coefficient (Wildman–Crippen LogP) is 9.12. The SMILES string of the molecule is CCCCCC[C@@]1(O)CC[C@@]2(C)C(CC[C@H]3[C@@H]4CC[C@H](O[Si](C)(C)C(C)(C)C)[C@@]4(C)CC[C@@H]32)C1. The van der Waals surface area contributed by atoms with E-state index in [2.05, 4.69) is 54.6 Å². The highest BCUT2D eigenvalue weighted by atomic mass is 28.4. The molecule has 4 fully saturated rings. The lowest BCUT2D eigenvalue weighted by molar-refractivity contribution is -0.155. The van der Waals surface area contributed by atoms with E-state index in [4.69, 9.17) is 4.43 Å². The molecule has 0 saturated heterocycles. The number of hydrogen-bond donors (Lipinski definition) is 1. The number of fused-ring (bicyclic) bond motifs is 5. The van der Waals surface area contributed by atoms with E-state index in [1.807, 2.05) is 0 Å². The van der Waals surface area contributed by atoms with Crippen molar-refractivity contribution in [1.82, 2.24) is 0 Å². The monoisotopic (exact) mass is 490 g/mol. The summed E-state index contributed by atoms with van der Waals surface area (Å²) in [4.78, 5) is 0. The summed E-state index contributed by atoms with van der Waals surface area (Å²) in [7, 11) is -1.74. The molecule has 0 aliphatic heterocycles. The predicted molar refractivity (Wildman–Crippen MR) is 148 cm³/mol. The molecule has 4 aliphatic rings. The van der Waals surface area contributed by atoms with E-state index in [0.717, 1.165) is 42.9 Å². The lowest BCUT2D eigenvalue weighted by atomic mass is 9.44. The molecule has 0 amide bonds. The van der Waals surface area contributed by atoms with Crippen molar-refractivity contribution in [2.75, 3.05) is 0 Å². The Labute approximate surface area is 213 Å². The van der Waals surface area contributed by atoms with Crippen molar-refractivity contribution in [3.8, 4) is 0 Å². The molecule has 0 aromatic rings. The molecule has 3 heteroatoms. The minimum Gasteiger partial charge on any atom is -0.413 e. The molecule has 4 aliphatic carbocycles. The highest BCUT2D eigenvalue weighted by Gasteiger charge is 2.62. The van der Waals surface area contributed by atoms with Crippen LogP contribution in [0.3, 0.4) is 0 Å². The van der Waals surface area contributed by atoms with Crippen molar-refractivity contribution in [1.29, 1.82) is 0 Å². The average Bonchev–Trinajstić information content (AvgIpc) is 3.07. The molecule has 4 saturated carbocycles. The second-order valence-corrected chi connectivity index (χ2v) is 20.1. The van der Waals surface area contributed by atoms with Gasteiger partial charge in [0.1, 0.15) is 0 Å². The Morgan fingerprint density at radius 2 is 1.56 bits per heavy atom. The van der Waals surface area contributed by atoms with Gasteiger partial charge in [-0.1, -0.05) is 67.2 Å². The Morgan fingerprint density at radius 1 is 0.853 bits per heavy atom. The molecule has 2 nitrogen and oxygen atoms in total. The summed E-state index contributed by atoms with van der Waals surface area (Å²) in [6.45, 7) is 19.6.